The number of carbonyl (C=O) groups excluding carboxylic acids is 1. The van der Waals surface area contributed by atoms with E-state index in [-0.39, 0.29) is 0 Å². The predicted octanol–water partition coefficient (Wildman–Crippen LogP) is 4.11. The van der Waals surface area contributed by atoms with Crippen molar-refractivity contribution in [3.8, 4) is 0 Å². The molecule has 5 nitrogen and oxygen atoms in total. The van der Waals surface area contributed by atoms with E-state index >= 15 is 0 Å². The van der Waals surface area contributed by atoms with Gasteiger partial charge in [0.1, 0.15) is 5.76 Å². The monoisotopic (exact) mass is 294 g/mol. The molecular weight excluding hydrogens is 280 g/mol. The molecule has 0 aliphatic heterocycles. The molecule has 0 fully saturated rings. The number of anilines is 2. The van der Waals surface area contributed by atoms with E-state index < -0.39 is 6.09 Å². The average molecular weight is 295 g/mol. The Morgan fingerprint density at radius 2 is 1.90 bits per heavy atom. The Hall–Kier alpha value is -2.14. The van der Waals surface area contributed by atoms with E-state index in [2.05, 4.69) is 10.6 Å². The molecule has 0 saturated heterocycles. The first-order valence-electron chi connectivity index (χ1n) is 6.19. The van der Waals surface area contributed by atoms with E-state index in [4.69, 9.17) is 20.8 Å². The molecule has 0 spiro atoms. The van der Waals surface area contributed by atoms with E-state index in [0.717, 1.165) is 11.4 Å². The van der Waals surface area contributed by atoms with Gasteiger partial charge in [-0.1, -0.05) is 0 Å². The smallest absolute Gasteiger partial charge is 0.411 e. The number of nitrogens with one attached hydrogen (secondary N) is 2. The van der Waals surface area contributed by atoms with Crippen molar-refractivity contribution in [2.24, 2.45) is 0 Å². The van der Waals surface area contributed by atoms with E-state index in [1.165, 1.54) is 0 Å². The molecule has 0 unspecified atom stereocenters. The second-order valence-corrected chi connectivity index (χ2v) is 4.35. The van der Waals surface area contributed by atoms with Crippen molar-refractivity contribution < 1.29 is 13.9 Å². The molecule has 2 N–H and O–H groups in total. The van der Waals surface area contributed by atoms with Crippen LogP contribution in [0.2, 0.25) is 5.22 Å². The summed E-state index contributed by atoms with van der Waals surface area (Å²) in [5.74, 6) is 0.753. The summed E-state index contributed by atoms with van der Waals surface area (Å²) in [5.41, 5.74) is 1.59. The Morgan fingerprint density at radius 3 is 2.50 bits per heavy atom. The third-order valence-electron chi connectivity index (χ3n) is 2.50. The Kier molecular flexibility index (Phi) is 4.90. The fourth-order valence-corrected chi connectivity index (χ4v) is 1.75. The molecular formula is C14H15ClN2O3. The molecule has 0 aliphatic carbocycles. The highest BCUT2D eigenvalue weighted by Gasteiger charge is 2.02. The maximum atomic E-state index is 11.2. The quantitative estimate of drug-likeness (QED) is 0.871. The number of hydrogen-bond donors (Lipinski definition) is 2. The normalized spacial score (nSPS) is 10.1. The van der Waals surface area contributed by atoms with Crippen LogP contribution in [0.4, 0.5) is 16.2 Å². The second-order valence-electron chi connectivity index (χ2n) is 3.98. The third-order valence-corrected chi connectivity index (χ3v) is 2.71. The Bertz CT molecular complexity index is 566. The van der Waals surface area contributed by atoms with Gasteiger partial charge in [-0.15, -0.1) is 0 Å². The molecule has 0 radical (unpaired) electrons. The second kappa shape index (κ2) is 6.86. The van der Waals surface area contributed by atoms with E-state index in [0.29, 0.717) is 24.1 Å². The lowest BCUT2D eigenvalue weighted by atomic mass is 10.2. The lowest BCUT2D eigenvalue weighted by Crippen LogP contribution is -2.13. The number of halogens is 1. The highest BCUT2D eigenvalue weighted by atomic mass is 35.5. The first-order valence-corrected chi connectivity index (χ1v) is 6.57. The van der Waals surface area contributed by atoms with Gasteiger partial charge in [0.25, 0.3) is 0 Å². The molecule has 20 heavy (non-hydrogen) atoms. The molecule has 0 saturated carbocycles. The van der Waals surface area contributed by atoms with Crippen molar-refractivity contribution in [3.63, 3.8) is 0 Å². The van der Waals surface area contributed by atoms with Crippen molar-refractivity contribution in [1.29, 1.82) is 0 Å². The van der Waals surface area contributed by atoms with Gasteiger partial charge >= 0.3 is 6.09 Å². The summed E-state index contributed by atoms with van der Waals surface area (Å²) in [7, 11) is 0. The standard InChI is InChI=1S/C14H15ClN2O3/c1-2-19-14(18)17-11-5-3-10(4-6-11)16-9-12-7-8-13(15)20-12/h3-8,16H,2,9H2,1H3,(H,17,18). The van der Waals surface area contributed by atoms with Gasteiger partial charge in [-0.05, 0) is 54.9 Å². The predicted molar refractivity (Wildman–Crippen MR) is 78.1 cm³/mol. The molecule has 106 valence electrons. The molecule has 6 heteroatoms. The van der Waals surface area contributed by atoms with Gasteiger partial charge in [-0.3, -0.25) is 5.32 Å². The summed E-state index contributed by atoms with van der Waals surface area (Å²) in [6.45, 7) is 2.64. The van der Waals surface area contributed by atoms with Crippen LogP contribution in [-0.4, -0.2) is 12.7 Å². The maximum Gasteiger partial charge on any atom is 0.411 e. The van der Waals surface area contributed by atoms with Crippen LogP contribution < -0.4 is 10.6 Å². The fraction of sp³-hybridized carbons (Fsp3) is 0.214. The lowest BCUT2D eigenvalue weighted by Gasteiger charge is -2.07. The van der Waals surface area contributed by atoms with Gasteiger partial charge in [0.05, 0.1) is 13.2 Å². The molecule has 1 aromatic heterocycles. The van der Waals surface area contributed by atoms with Crippen LogP contribution in [0.3, 0.4) is 0 Å². The first kappa shape index (κ1) is 14.3. The number of rotatable bonds is 5. The minimum atomic E-state index is -0.460. The number of ether oxygens (including phenoxy) is 1. The molecule has 0 aliphatic rings. The van der Waals surface area contributed by atoms with Crippen molar-refractivity contribution in [2.45, 2.75) is 13.5 Å². The van der Waals surface area contributed by atoms with Gasteiger partial charge < -0.3 is 14.5 Å². The zero-order valence-electron chi connectivity index (χ0n) is 11.0. The first-order chi connectivity index (χ1) is 9.67. The number of amides is 1. The zero-order chi connectivity index (χ0) is 14.4. The number of hydrogen-bond acceptors (Lipinski definition) is 4. The van der Waals surface area contributed by atoms with Crippen molar-refractivity contribution in [2.75, 3.05) is 17.2 Å². The van der Waals surface area contributed by atoms with Crippen molar-refractivity contribution >= 4 is 29.1 Å². The highest BCUT2D eigenvalue weighted by molar-refractivity contribution is 6.28. The van der Waals surface area contributed by atoms with Crippen LogP contribution in [-0.2, 0) is 11.3 Å². The van der Waals surface area contributed by atoms with Crippen LogP contribution in [0, 0.1) is 0 Å². The molecule has 0 atom stereocenters. The maximum absolute atomic E-state index is 11.2. The largest absolute Gasteiger partial charge is 0.450 e. The number of benzene rings is 1. The average Bonchev–Trinajstić information content (AvgIpc) is 2.84. The van der Waals surface area contributed by atoms with Crippen molar-refractivity contribution in [3.05, 3.63) is 47.4 Å². The summed E-state index contributed by atoms with van der Waals surface area (Å²) < 4.78 is 10.0. The lowest BCUT2D eigenvalue weighted by molar-refractivity contribution is 0.168. The third kappa shape index (κ3) is 4.20. The SMILES string of the molecule is CCOC(=O)Nc1ccc(NCc2ccc(Cl)o2)cc1. The Balaban J connectivity index is 1.86. The molecule has 2 rings (SSSR count). The summed E-state index contributed by atoms with van der Waals surface area (Å²) in [6.07, 6.45) is -0.460. The van der Waals surface area contributed by atoms with Crippen LogP contribution in [0.15, 0.2) is 40.8 Å². The van der Waals surface area contributed by atoms with Gasteiger partial charge in [0, 0.05) is 11.4 Å². The minimum absolute atomic E-state index is 0.344. The molecule has 1 amide bonds. The Labute approximate surface area is 121 Å². The van der Waals surface area contributed by atoms with E-state index in [1.54, 1.807) is 25.1 Å². The number of carbonyl (C=O) groups is 1. The van der Waals surface area contributed by atoms with Gasteiger partial charge in [0.15, 0.2) is 5.22 Å². The number of furan rings is 1. The fourth-order valence-electron chi connectivity index (χ4n) is 1.59. The van der Waals surface area contributed by atoms with Crippen LogP contribution in [0.5, 0.6) is 0 Å². The summed E-state index contributed by atoms with van der Waals surface area (Å²) in [5, 5.41) is 6.18. The van der Waals surface area contributed by atoms with Gasteiger partial charge in [-0.25, -0.2) is 4.79 Å². The zero-order valence-corrected chi connectivity index (χ0v) is 11.7. The topological polar surface area (TPSA) is 63.5 Å². The molecule has 1 heterocycles. The van der Waals surface area contributed by atoms with Crippen LogP contribution in [0.25, 0.3) is 0 Å². The van der Waals surface area contributed by atoms with E-state index in [9.17, 15) is 4.79 Å². The minimum Gasteiger partial charge on any atom is -0.450 e. The Morgan fingerprint density at radius 1 is 1.20 bits per heavy atom. The summed E-state index contributed by atoms with van der Waals surface area (Å²) in [6, 6.07) is 10.8. The van der Waals surface area contributed by atoms with Crippen LogP contribution >= 0.6 is 11.6 Å². The summed E-state index contributed by atoms with van der Waals surface area (Å²) >= 11 is 5.69. The van der Waals surface area contributed by atoms with Crippen LogP contribution in [0.1, 0.15) is 12.7 Å². The molecule has 2 aromatic rings. The molecule has 0 bridgehead atoms. The van der Waals surface area contributed by atoms with Gasteiger partial charge in [-0.2, -0.15) is 0 Å². The summed E-state index contributed by atoms with van der Waals surface area (Å²) in [4.78, 5) is 11.2. The van der Waals surface area contributed by atoms with E-state index in [1.807, 2.05) is 18.2 Å². The van der Waals surface area contributed by atoms with Crippen molar-refractivity contribution in [1.82, 2.24) is 0 Å². The van der Waals surface area contributed by atoms with Gasteiger partial charge in [0.2, 0.25) is 0 Å². The highest BCUT2D eigenvalue weighted by Crippen LogP contribution is 2.17. The molecule has 1 aromatic carbocycles.